The number of nitrogens with one attached hydrogen (secondary N) is 1. The summed E-state index contributed by atoms with van der Waals surface area (Å²) in [5.74, 6) is -0.732. The molecule has 1 aliphatic heterocycles. The van der Waals surface area contributed by atoms with Gasteiger partial charge in [0.2, 0.25) is 0 Å². The summed E-state index contributed by atoms with van der Waals surface area (Å²) in [5, 5.41) is 12.0. The zero-order valence-corrected chi connectivity index (χ0v) is 7.58. The molecule has 0 aromatic heterocycles. The van der Waals surface area contributed by atoms with Crippen molar-refractivity contribution in [3.63, 3.8) is 0 Å². The lowest BCUT2D eigenvalue weighted by Crippen LogP contribution is -2.54. The van der Waals surface area contributed by atoms with E-state index in [1.165, 1.54) is 0 Å². The molecule has 4 nitrogen and oxygen atoms in total. The number of piperazine rings is 1. The Bertz CT molecular complexity index is 172. The summed E-state index contributed by atoms with van der Waals surface area (Å²) in [5.41, 5.74) is 0. The number of rotatable bonds is 2. The summed E-state index contributed by atoms with van der Waals surface area (Å²) in [4.78, 5) is 12.6. The van der Waals surface area contributed by atoms with E-state index in [0.717, 1.165) is 19.6 Å². The minimum absolute atomic E-state index is 0.352. The van der Waals surface area contributed by atoms with Crippen LogP contribution in [-0.2, 0) is 4.79 Å². The van der Waals surface area contributed by atoms with Gasteiger partial charge in [0.25, 0.3) is 0 Å². The van der Waals surface area contributed by atoms with E-state index < -0.39 is 5.97 Å². The Balaban J connectivity index is 2.45. The highest BCUT2D eigenvalue weighted by atomic mass is 16.4. The number of hydrogen-bond donors (Lipinski definition) is 2. The molecule has 0 bridgehead atoms. The highest BCUT2D eigenvalue weighted by Gasteiger charge is 2.24. The molecule has 1 aliphatic rings. The van der Waals surface area contributed by atoms with Gasteiger partial charge in [-0.05, 0) is 13.8 Å². The van der Waals surface area contributed by atoms with Crippen LogP contribution in [0.2, 0.25) is 0 Å². The Kier molecular flexibility index (Phi) is 3.05. The van der Waals surface area contributed by atoms with E-state index in [2.05, 4.69) is 12.2 Å². The lowest BCUT2D eigenvalue weighted by atomic mass is 10.2. The number of carboxylic acids is 1. The van der Waals surface area contributed by atoms with Crippen LogP contribution in [0.5, 0.6) is 0 Å². The number of carbonyl (C=O) groups is 1. The molecular weight excluding hydrogens is 156 g/mol. The maximum absolute atomic E-state index is 10.6. The van der Waals surface area contributed by atoms with Gasteiger partial charge in [0.15, 0.2) is 0 Å². The molecular formula is C8H16N2O2. The van der Waals surface area contributed by atoms with Gasteiger partial charge in [0, 0.05) is 25.7 Å². The third kappa shape index (κ3) is 2.19. The predicted octanol–water partition coefficient (Wildman–Crippen LogP) is -0.247. The molecule has 1 saturated heterocycles. The van der Waals surface area contributed by atoms with Crippen LogP contribution < -0.4 is 5.32 Å². The zero-order valence-electron chi connectivity index (χ0n) is 7.58. The zero-order chi connectivity index (χ0) is 9.14. The smallest absolute Gasteiger partial charge is 0.320 e. The topological polar surface area (TPSA) is 52.6 Å². The van der Waals surface area contributed by atoms with Crippen LogP contribution in [0.1, 0.15) is 13.8 Å². The van der Waals surface area contributed by atoms with Crippen LogP contribution in [0.15, 0.2) is 0 Å². The van der Waals surface area contributed by atoms with Crippen molar-refractivity contribution < 1.29 is 9.90 Å². The fraction of sp³-hybridized carbons (Fsp3) is 0.875. The summed E-state index contributed by atoms with van der Waals surface area (Å²) < 4.78 is 0. The molecule has 70 valence electrons. The molecule has 0 amide bonds. The first-order chi connectivity index (χ1) is 5.61. The largest absolute Gasteiger partial charge is 0.480 e. The van der Waals surface area contributed by atoms with Crippen LogP contribution in [-0.4, -0.2) is 47.7 Å². The van der Waals surface area contributed by atoms with Gasteiger partial charge in [0.05, 0.1) is 0 Å². The van der Waals surface area contributed by atoms with E-state index in [0.29, 0.717) is 6.04 Å². The van der Waals surface area contributed by atoms with Gasteiger partial charge in [-0.3, -0.25) is 9.69 Å². The highest BCUT2D eigenvalue weighted by molar-refractivity contribution is 5.72. The van der Waals surface area contributed by atoms with Crippen LogP contribution in [0.25, 0.3) is 0 Å². The Morgan fingerprint density at radius 2 is 2.42 bits per heavy atom. The van der Waals surface area contributed by atoms with Gasteiger partial charge >= 0.3 is 5.97 Å². The van der Waals surface area contributed by atoms with Crippen molar-refractivity contribution in [2.75, 3.05) is 19.6 Å². The Morgan fingerprint density at radius 1 is 1.75 bits per heavy atom. The molecule has 1 unspecified atom stereocenters. The average molecular weight is 172 g/mol. The lowest BCUT2D eigenvalue weighted by molar-refractivity contribution is -0.143. The molecule has 0 aliphatic carbocycles. The molecule has 4 heteroatoms. The van der Waals surface area contributed by atoms with Crippen LogP contribution >= 0.6 is 0 Å². The van der Waals surface area contributed by atoms with E-state index in [-0.39, 0.29) is 6.04 Å². The Labute approximate surface area is 72.6 Å². The van der Waals surface area contributed by atoms with Gasteiger partial charge in [-0.25, -0.2) is 0 Å². The van der Waals surface area contributed by atoms with Crippen LogP contribution in [0.4, 0.5) is 0 Å². The molecule has 0 saturated carbocycles. The fourth-order valence-electron chi connectivity index (χ4n) is 1.47. The molecule has 2 atom stereocenters. The number of aliphatic carboxylic acids is 1. The predicted molar refractivity (Wildman–Crippen MR) is 46.1 cm³/mol. The van der Waals surface area contributed by atoms with Crippen molar-refractivity contribution >= 4 is 5.97 Å². The standard InChI is InChI=1S/C8H16N2O2/c1-6-5-10(4-3-9-6)7(2)8(11)12/h6-7,9H,3-5H2,1-2H3,(H,11,12)/t6-,7?/m0/s1. The van der Waals surface area contributed by atoms with Gasteiger partial charge in [-0.1, -0.05) is 0 Å². The normalized spacial score (nSPS) is 28.3. The maximum atomic E-state index is 10.6. The summed E-state index contributed by atoms with van der Waals surface area (Å²) in [6.07, 6.45) is 0. The molecule has 2 N–H and O–H groups in total. The molecule has 0 spiro atoms. The lowest BCUT2D eigenvalue weighted by Gasteiger charge is -2.34. The summed E-state index contributed by atoms with van der Waals surface area (Å²) in [7, 11) is 0. The summed E-state index contributed by atoms with van der Waals surface area (Å²) >= 11 is 0. The van der Waals surface area contributed by atoms with E-state index in [9.17, 15) is 4.79 Å². The Hall–Kier alpha value is -0.610. The minimum Gasteiger partial charge on any atom is -0.480 e. The quantitative estimate of drug-likeness (QED) is 0.603. The highest BCUT2D eigenvalue weighted by Crippen LogP contribution is 2.04. The van der Waals surface area contributed by atoms with E-state index in [4.69, 9.17) is 5.11 Å². The van der Waals surface area contributed by atoms with Crippen molar-refractivity contribution in [3.8, 4) is 0 Å². The van der Waals surface area contributed by atoms with Gasteiger partial charge in [-0.15, -0.1) is 0 Å². The number of hydrogen-bond acceptors (Lipinski definition) is 3. The molecule has 0 aromatic carbocycles. The second-order valence-corrected chi connectivity index (χ2v) is 3.36. The molecule has 0 aromatic rings. The minimum atomic E-state index is -0.732. The third-order valence-electron chi connectivity index (χ3n) is 2.31. The summed E-state index contributed by atoms with van der Waals surface area (Å²) in [6.45, 7) is 6.35. The van der Waals surface area contributed by atoms with E-state index in [1.54, 1.807) is 6.92 Å². The second-order valence-electron chi connectivity index (χ2n) is 3.36. The van der Waals surface area contributed by atoms with E-state index in [1.807, 2.05) is 4.90 Å². The first-order valence-electron chi connectivity index (χ1n) is 4.31. The van der Waals surface area contributed by atoms with E-state index >= 15 is 0 Å². The fourth-order valence-corrected chi connectivity index (χ4v) is 1.47. The first-order valence-corrected chi connectivity index (χ1v) is 4.31. The number of carboxylic acid groups (broad SMARTS) is 1. The van der Waals surface area contributed by atoms with Crippen molar-refractivity contribution in [1.29, 1.82) is 0 Å². The SMILES string of the molecule is CC(C(=O)O)N1CCN[C@@H](C)C1. The third-order valence-corrected chi connectivity index (χ3v) is 2.31. The maximum Gasteiger partial charge on any atom is 0.320 e. The number of nitrogens with zero attached hydrogens (tertiary/aromatic N) is 1. The average Bonchev–Trinajstić information content (AvgIpc) is 2.03. The van der Waals surface area contributed by atoms with Crippen molar-refractivity contribution in [3.05, 3.63) is 0 Å². The molecule has 1 fully saturated rings. The van der Waals surface area contributed by atoms with Gasteiger partial charge in [0.1, 0.15) is 6.04 Å². The van der Waals surface area contributed by atoms with Crippen molar-refractivity contribution in [2.45, 2.75) is 25.9 Å². The summed E-state index contributed by atoms with van der Waals surface area (Å²) in [6, 6.07) is 0.0510. The molecule has 12 heavy (non-hydrogen) atoms. The molecule has 1 rings (SSSR count). The van der Waals surface area contributed by atoms with Crippen molar-refractivity contribution in [1.82, 2.24) is 10.2 Å². The van der Waals surface area contributed by atoms with Gasteiger partial charge in [-0.2, -0.15) is 0 Å². The molecule has 1 heterocycles. The first kappa shape index (κ1) is 9.48. The Morgan fingerprint density at radius 3 is 2.92 bits per heavy atom. The molecule has 0 radical (unpaired) electrons. The monoisotopic (exact) mass is 172 g/mol. The van der Waals surface area contributed by atoms with Gasteiger partial charge < -0.3 is 10.4 Å². The van der Waals surface area contributed by atoms with Crippen molar-refractivity contribution in [2.24, 2.45) is 0 Å². The van der Waals surface area contributed by atoms with Crippen LogP contribution in [0.3, 0.4) is 0 Å². The van der Waals surface area contributed by atoms with Crippen LogP contribution in [0, 0.1) is 0 Å². The second kappa shape index (κ2) is 3.87.